The van der Waals surface area contributed by atoms with Crippen molar-refractivity contribution in [2.45, 2.75) is 45.3 Å². The quantitative estimate of drug-likeness (QED) is 0.846. The van der Waals surface area contributed by atoms with Gasteiger partial charge >= 0.3 is 0 Å². The van der Waals surface area contributed by atoms with E-state index in [-0.39, 0.29) is 5.91 Å². The Balaban J connectivity index is 2.58. The van der Waals surface area contributed by atoms with E-state index >= 15 is 0 Å². The van der Waals surface area contributed by atoms with E-state index in [0.717, 1.165) is 5.56 Å². The first-order valence-corrected chi connectivity index (χ1v) is 6.21. The third kappa shape index (κ3) is 3.32. The lowest BCUT2D eigenvalue weighted by molar-refractivity contribution is -0.125. The molecule has 16 heavy (non-hydrogen) atoms. The van der Waals surface area contributed by atoms with Crippen LogP contribution in [-0.2, 0) is 11.2 Å². The highest BCUT2D eigenvalue weighted by Crippen LogP contribution is 2.20. The van der Waals surface area contributed by atoms with Crippen molar-refractivity contribution in [3.8, 4) is 0 Å². The van der Waals surface area contributed by atoms with E-state index in [4.69, 9.17) is 0 Å². The topological polar surface area (TPSA) is 49.3 Å². The first-order valence-electron chi connectivity index (χ1n) is 5.27. The predicted octanol–water partition coefficient (Wildman–Crippen LogP) is 1.96. The van der Waals surface area contributed by atoms with Gasteiger partial charge in [0.05, 0.1) is 17.6 Å². The Morgan fingerprint density at radius 2 is 2.06 bits per heavy atom. The number of hydrogen-bond donors (Lipinski definition) is 2. The molecule has 0 spiro atoms. The minimum absolute atomic E-state index is 0.0643. The molecule has 0 aliphatic heterocycles. The zero-order chi connectivity index (χ0) is 12.4. The Labute approximate surface area is 100 Å². The molecule has 0 aliphatic rings. The van der Waals surface area contributed by atoms with Gasteiger partial charge in [-0.1, -0.05) is 0 Å². The maximum absolute atomic E-state index is 11.8. The number of rotatable bonds is 4. The molecule has 0 saturated heterocycles. The fourth-order valence-corrected chi connectivity index (χ4v) is 1.79. The molecule has 1 rings (SSSR count). The van der Waals surface area contributed by atoms with E-state index < -0.39 is 11.1 Å². The van der Waals surface area contributed by atoms with Gasteiger partial charge in [-0.05, 0) is 50.1 Å². The first kappa shape index (κ1) is 13.2. The van der Waals surface area contributed by atoms with Crippen molar-refractivity contribution in [3.05, 3.63) is 22.4 Å². The van der Waals surface area contributed by atoms with Gasteiger partial charge in [-0.25, -0.2) is 0 Å². The summed E-state index contributed by atoms with van der Waals surface area (Å²) in [6.07, 6.45) is 0.364. The molecule has 0 bridgehead atoms. The Hall–Kier alpha value is -0.870. The summed E-state index contributed by atoms with van der Waals surface area (Å²) in [5.74, 6) is -0.0643. The van der Waals surface area contributed by atoms with E-state index in [9.17, 15) is 9.90 Å². The van der Waals surface area contributed by atoms with Crippen LogP contribution in [-0.4, -0.2) is 22.2 Å². The SMILES string of the molecule is CC(C)(O)C(C)(C)NC(=O)Cc1ccsc1. The standard InChI is InChI=1S/C12H19NO2S/c1-11(2,12(3,4)15)13-10(14)7-9-5-6-16-8-9/h5-6,8,15H,7H2,1-4H3,(H,13,14). The minimum atomic E-state index is -0.947. The Kier molecular flexibility index (Phi) is 3.76. The molecule has 90 valence electrons. The predicted molar refractivity (Wildman–Crippen MR) is 66.5 cm³/mol. The van der Waals surface area contributed by atoms with E-state index in [1.807, 2.05) is 30.7 Å². The van der Waals surface area contributed by atoms with Gasteiger partial charge in [0.15, 0.2) is 0 Å². The van der Waals surface area contributed by atoms with Crippen molar-refractivity contribution < 1.29 is 9.90 Å². The molecule has 1 amide bonds. The fraction of sp³-hybridized carbons (Fsp3) is 0.583. The molecular weight excluding hydrogens is 222 g/mol. The van der Waals surface area contributed by atoms with Crippen molar-refractivity contribution in [3.63, 3.8) is 0 Å². The number of carbonyl (C=O) groups excluding carboxylic acids is 1. The van der Waals surface area contributed by atoms with E-state index in [1.54, 1.807) is 25.2 Å². The van der Waals surface area contributed by atoms with E-state index in [0.29, 0.717) is 6.42 Å². The van der Waals surface area contributed by atoms with Gasteiger partial charge < -0.3 is 10.4 Å². The Morgan fingerprint density at radius 3 is 2.50 bits per heavy atom. The highest BCUT2D eigenvalue weighted by Gasteiger charge is 2.36. The van der Waals surface area contributed by atoms with Crippen LogP contribution >= 0.6 is 11.3 Å². The average molecular weight is 241 g/mol. The van der Waals surface area contributed by atoms with Gasteiger partial charge in [0.2, 0.25) is 5.91 Å². The second kappa shape index (κ2) is 4.55. The number of carbonyl (C=O) groups is 1. The third-order valence-corrected chi connectivity index (χ3v) is 3.66. The summed E-state index contributed by atoms with van der Waals surface area (Å²) in [6.45, 7) is 7.02. The van der Waals surface area contributed by atoms with Crippen molar-refractivity contribution in [2.75, 3.05) is 0 Å². The van der Waals surface area contributed by atoms with Crippen molar-refractivity contribution in [1.82, 2.24) is 5.32 Å². The molecule has 0 atom stereocenters. The third-order valence-electron chi connectivity index (χ3n) is 2.93. The van der Waals surface area contributed by atoms with Crippen molar-refractivity contribution in [1.29, 1.82) is 0 Å². The molecule has 2 N–H and O–H groups in total. The molecular formula is C12H19NO2S. The minimum Gasteiger partial charge on any atom is -0.388 e. The van der Waals surface area contributed by atoms with Gasteiger partial charge in [-0.15, -0.1) is 0 Å². The zero-order valence-electron chi connectivity index (χ0n) is 10.2. The van der Waals surface area contributed by atoms with Crippen molar-refractivity contribution >= 4 is 17.2 Å². The van der Waals surface area contributed by atoms with Gasteiger partial charge in [0.25, 0.3) is 0 Å². The summed E-state index contributed by atoms with van der Waals surface area (Å²) >= 11 is 1.58. The molecule has 0 unspecified atom stereocenters. The van der Waals surface area contributed by atoms with Gasteiger partial charge in [0, 0.05) is 0 Å². The van der Waals surface area contributed by atoms with Crippen LogP contribution in [0, 0.1) is 0 Å². The van der Waals surface area contributed by atoms with Gasteiger partial charge in [-0.3, -0.25) is 4.79 Å². The molecule has 1 heterocycles. The maximum Gasteiger partial charge on any atom is 0.224 e. The molecule has 3 nitrogen and oxygen atoms in total. The molecule has 4 heteroatoms. The lowest BCUT2D eigenvalue weighted by atomic mass is 9.86. The number of amides is 1. The highest BCUT2D eigenvalue weighted by atomic mass is 32.1. The largest absolute Gasteiger partial charge is 0.388 e. The van der Waals surface area contributed by atoms with Gasteiger partial charge in [0.1, 0.15) is 0 Å². The lowest BCUT2D eigenvalue weighted by Gasteiger charge is -2.38. The summed E-state index contributed by atoms with van der Waals surface area (Å²) in [5.41, 5.74) is -0.578. The monoisotopic (exact) mass is 241 g/mol. The van der Waals surface area contributed by atoms with E-state index in [1.165, 1.54) is 0 Å². The summed E-state index contributed by atoms with van der Waals surface area (Å²) in [5, 5.41) is 16.7. The maximum atomic E-state index is 11.8. The molecule has 0 aromatic carbocycles. The number of nitrogens with one attached hydrogen (secondary N) is 1. The summed E-state index contributed by atoms with van der Waals surface area (Å²) in [7, 11) is 0. The molecule has 0 fully saturated rings. The van der Waals surface area contributed by atoms with Crippen LogP contribution in [0.1, 0.15) is 33.3 Å². The highest BCUT2D eigenvalue weighted by molar-refractivity contribution is 7.07. The summed E-state index contributed by atoms with van der Waals surface area (Å²) < 4.78 is 0. The average Bonchev–Trinajstić information content (AvgIpc) is 2.52. The van der Waals surface area contributed by atoms with Crippen molar-refractivity contribution in [2.24, 2.45) is 0 Å². The van der Waals surface area contributed by atoms with Gasteiger partial charge in [-0.2, -0.15) is 11.3 Å². The van der Waals surface area contributed by atoms with Crippen LogP contribution in [0.15, 0.2) is 16.8 Å². The normalized spacial score (nSPS) is 12.6. The number of hydrogen-bond acceptors (Lipinski definition) is 3. The molecule has 0 saturated carbocycles. The van der Waals surface area contributed by atoms with Crippen LogP contribution < -0.4 is 5.32 Å². The second-order valence-corrected chi connectivity index (χ2v) is 5.82. The second-order valence-electron chi connectivity index (χ2n) is 5.04. The van der Waals surface area contributed by atoms with Crippen LogP contribution in [0.5, 0.6) is 0 Å². The van der Waals surface area contributed by atoms with Crippen LogP contribution in [0.4, 0.5) is 0 Å². The number of thiophene rings is 1. The number of aliphatic hydroxyl groups is 1. The molecule has 0 aliphatic carbocycles. The smallest absolute Gasteiger partial charge is 0.224 e. The summed E-state index contributed by atoms with van der Waals surface area (Å²) in [4.78, 5) is 11.8. The summed E-state index contributed by atoms with van der Waals surface area (Å²) in [6, 6.07) is 1.93. The Morgan fingerprint density at radius 1 is 1.44 bits per heavy atom. The van der Waals surface area contributed by atoms with E-state index in [2.05, 4.69) is 5.32 Å². The molecule has 1 aromatic rings. The van der Waals surface area contributed by atoms with Crippen LogP contribution in [0.3, 0.4) is 0 Å². The molecule has 0 radical (unpaired) electrons. The van der Waals surface area contributed by atoms with Crippen LogP contribution in [0.25, 0.3) is 0 Å². The zero-order valence-corrected chi connectivity index (χ0v) is 11.0. The fourth-order valence-electron chi connectivity index (χ4n) is 1.12. The lowest BCUT2D eigenvalue weighted by Crippen LogP contribution is -2.58. The van der Waals surface area contributed by atoms with Crippen LogP contribution in [0.2, 0.25) is 0 Å². The molecule has 1 aromatic heterocycles. The Bertz CT molecular complexity index is 350. The first-order chi connectivity index (χ1) is 7.22.